The predicted molar refractivity (Wildman–Crippen MR) is 73.6 cm³/mol. The molecule has 0 aliphatic heterocycles. The van der Waals surface area contributed by atoms with Crippen LogP contribution < -0.4 is 5.32 Å². The number of aromatic nitrogens is 1. The van der Waals surface area contributed by atoms with E-state index in [1.165, 1.54) is 0 Å². The summed E-state index contributed by atoms with van der Waals surface area (Å²) in [5.41, 5.74) is 2.14. The first-order valence-corrected chi connectivity index (χ1v) is 6.57. The van der Waals surface area contributed by atoms with E-state index in [9.17, 15) is 0 Å². The van der Waals surface area contributed by atoms with E-state index in [0.717, 1.165) is 22.1 Å². The number of hydrogen-bond acceptors (Lipinski definition) is 4. The molecule has 0 radical (unpaired) electrons. The van der Waals surface area contributed by atoms with Crippen LogP contribution in [0, 0.1) is 0 Å². The van der Waals surface area contributed by atoms with Crippen LogP contribution in [0.1, 0.15) is 5.76 Å². The monoisotopic (exact) mass is 256 g/mol. The minimum Gasteiger partial charge on any atom is -0.467 e. The molecule has 0 saturated heterocycles. The van der Waals surface area contributed by atoms with Gasteiger partial charge in [0.1, 0.15) is 5.76 Å². The molecule has 1 N–H and O–H groups in total. The molecule has 90 valence electrons. The van der Waals surface area contributed by atoms with Gasteiger partial charge in [-0.1, -0.05) is 30.3 Å². The Kier molecular flexibility index (Phi) is 3.10. The Morgan fingerprint density at radius 1 is 1.11 bits per heavy atom. The lowest BCUT2D eigenvalue weighted by molar-refractivity contribution is 0.518. The van der Waals surface area contributed by atoms with Gasteiger partial charge in [0.05, 0.1) is 18.5 Å². The van der Waals surface area contributed by atoms with Gasteiger partial charge in [-0.2, -0.15) is 0 Å². The van der Waals surface area contributed by atoms with Crippen molar-refractivity contribution in [2.75, 3.05) is 5.32 Å². The highest BCUT2D eigenvalue weighted by atomic mass is 32.1. The normalized spacial score (nSPS) is 10.4. The van der Waals surface area contributed by atoms with Gasteiger partial charge in [0.15, 0.2) is 5.13 Å². The van der Waals surface area contributed by atoms with Gasteiger partial charge in [0, 0.05) is 10.9 Å². The van der Waals surface area contributed by atoms with Crippen LogP contribution in [0.4, 0.5) is 5.13 Å². The van der Waals surface area contributed by atoms with E-state index in [1.807, 2.05) is 30.3 Å². The average molecular weight is 256 g/mol. The second-order valence-electron chi connectivity index (χ2n) is 3.84. The average Bonchev–Trinajstić information content (AvgIpc) is 3.09. The van der Waals surface area contributed by atoms with Crippen molar-refractivity contribution in [1.82, 2.24) is 4.98 Å². The van der Waals surface area contributed by atoms with Gasteiger partial charge in [-0.15, -0.1) is 11.3 Å². The Hall–Kier alpha value is -2.07. The number of nitrogens with zero attached hydrogens (tertiary/aromatic N) is 1. The number of anilines is 1. The van der Waals surface area contributed by atoms with Crippen molar-refractivity contribution in [3.63, 3.8) is 0 Å². The number of benzene rings is 1. The van der Waals surface area contributed by atoms with Crippen LogP contribution in [-0.2, 0) is 6.54 Å². The zero-order chi connectivity index (χ0) is 12.2. The number of nitrogens with one attached hydrogen (secondary N) is 1. The fraction of sp³-hybridized carbons (Fsp3) is 0.0714. The van der Waals surface area contributed by atoms with Crippen LogP contribution in [0.2, 0.25) is 0 Å². The maximum atomic E-state index is 5.26. The Morgan fingerprint density at radius 3 is 2.78 bits per heavy atom. The molecule has 18 heavy (non-hydrogen) atoms. The van der Waals surface area contributed by atoms with Gasteiger partial charge < -0.3 is 9.73 Å². The maximum Gasteiger partial charge on any atom is 0.183 e. The Morgan fingerprint density at radius 2 is 2.00 bits per heavy atom. The van der Waals surface area contributed by atoms with Gasteiger partial charge in [-0.25, -0.2) is 4.98 Å². The van der Waals surface area contributed by atoms with Gasteiger partial charge in [0.25, 0.3) is 0 Å². The third kappa shape index (κ3) is 2.43. The second-order valence-corrected chi connectivity index (χ2v) is 4.69. The molecule has 1 aromatic carbocycles. The molecule has 0 spiro atoms. The second kappa shape index (κ2) is 5.06. The van der Waals surface area contributed by atoms with Crippen LogP contribution >= 0.6 is 11.3 Å². The topological polar surface area (TPSA) is 38.1 Å². The highest BCUT2D eigenvalue weighted by molar-refractivity contribution is 7.14. The smallest absolute Gasteiger partial charge is 0.183 e. The first-order chi connectivity index (χ1) is 8.92. The van der Waals surface area contributed by atoms with E-state index in [4.69, 9.17) is 4.42 Å². The zero-order valence-electron chi connectivity index (χ0n) is 9.67. The minimum absolute atomic E-state index is 0.661. The lowest BCUT2D eigenvalue weighted by Gasteiger charge is -1.98. The van der Waals surface area contributed by atoms with E-state index in [1.54, 1.807) is 17.6 Å². The molecule has 0 bridgehead atoms. The van der Waals surface area contributed by atoms with Crippen molar-refractivity contribution < 1.29 is 4.42 Å². The number of hydrogen-bond donors (Lipinski definition) is 1. The van der Waals surface area contributed by atoms with Gasteiger partial charge in [-0.3, -0.25) is 0 Å². The molecule has 4 heteroatoms. The Bertz CT molecular complexity index is 602. The van der Waals surface area contributed by atoms with Gasteiger partial charge in [-0.05, 0) is 12.1 Å². The van der Waals surface area contributed by atoms with Crippen molar-refractivity contribution in [1.29, 1.82) is 0 Å². The lowest BCUT2D eigenvalue weighted by atomic mass is 10.2. The minimum atomic E-state index is 0.661. The molecule has 0 aliphatic carbocycles. The first-order valence-electron chi connectivity index (χ1n) is 5.69. The van der Waals surface area contributed by atoms with E-state index >= 15 is 0 Å². The molecule has 2 heterocycles. The molecule has 2 aromatic heterocycles. The fourth-order valence-electron chi connectivity index (χ4n) is 1.67. The van der Waals surface area contributed by atoms with Crippen molar-refractivity contribution in [3.05, 3.63) is 59.9 Å². The van der Waals surface area contributed by atoms with E-state index in [-0.39, 0.29) is 0 Å². The molecule has 3 rings (SSSR count). The van der Waals surface area contributed by atoms with Crippen LogP contribution in [-0.4, -0.2) is 4.98 Å². The fourth-order valence-corrected chi connectivity index (χ4v) is 2.39. The van der Waals surface area contributed by atoms with Crippen molar-refractivity contribution in [3.8, 4) is 11.3 Å². The highest BCUT2D eigenvalue weighted by Gasteiger charge is 2.04. The van der Waals surface area contributed by atoms with E-state index < -0.39 is 0 Å². The summed E-state index contributed by atoms with van der Waals surface area (Å²) >= 11 is 1.60. The Balaban J connectivity index is 1.70. The largest absolute Gasteiger partial charge is 0.467 e. The van der Waals surface area contributed by atoms with Crippen LogP contribution in [0.5, 0.6) is 0 Å². The summed E-state index contributed by atoms with van der Waals surface area (Å²) < 4.78 is 5.26. The summed E-state index contributed by atoms with van der Waals surface area (Å²) in [7, 11) is 0. The first kappa shape index (κ1) is 11.0. The van der Waals surface area contributed by atoms with Gasteiger partial charge >= 0.3 is 0 Å². The molecule has 0 saturated carbocycles. The standard InChI is InChI=1S/C14H12N2OS/c1-2-5-11(6-3-1)13-10-18-14(16-13)15-9-12-7-4-8-17-12/h1-8,10H,9H2,(H,15,16). The van der Waals surface area contributed by atoms with Crippen molar-refractivity contribution in [2.24, 2.45) is 0 Å². The summed E-state index contributed by atoms with van der Waals surface area (Å²) in [6.45, 7) is 0.661. The molecule has 3 nitrogen and oxygen atoms in total. The molecule has 0 aliphatic rings. The number of furan rings is 1. The Labute approximate surface area is 109 Å². The third-order valence-corrected chi connectivity index (χ3v) is 3.37. The van der Waals surface area contributed by atoms with Crippen LogP contribution in [0.3, 0.4) is 0 Å². The molecule has 0 fully saturated rings. The molecular formula is C14H12N2OS. The highest BCUT2D eigenvalue weighted by Crippen LogP contribution is 2.24. The summed E-state index contributed by atoms with van der Waals surface area (Å²) in [5, 5.41) is 6.21. The summed E-state index contributed by atoms with van der Waals surface area (Å²) in [5.74, 6) is 0.909. The molecule has 0 unspecified atom stereocenters. The van der Waals surface area contributed by atoms with E-state index in [0.29, 0.717) is 6.54 Å². The molecular weight excluding hydrogens is 244 g/mol. The molecule has 0 atom stereocenters. The molecule has 0 amide bonds. The van der Waals surface area contributed by atoms with Crippen molar-refractivity contribution >= 4 is 16.5 Å². The third-order valence-electron chi connectivity index (χ3n) is 2.57. The van der Waals surface area contributed by atoms with Gasteiger partial charge in [0.2, 0.25) is 0 Å². The van der Waals surface area contributed by atoms with Crippen molar-refractivity contribution in [2.45, 2.75) is 6.54 Å². The summed E-state index contributed by atoms with van der Waals surface area (Å²) in [6.07, 6.45) is 1.67. The maximum absolute atomic E-state index is 5.26. The van der Waals surface area contributed by atoms with Crippen LogP contribution in [0.25, 0.3) is 11.3 Å². The van der Waals surface area contributed by atoms with Crippen LogP contribution in [0.15, 0.2) is 58.5 Å². The predicted octanol–water partition coefficient (Wildman–Crippen LogP) is 4.02. The quantitative estimate of drug-likeness (QED) is 0.766. The number of thiazole rings is 1. The molecule has 3 aromatic rings. The number of rotatable bonds is 4. The zero-order valence-corrected chi connectivity index (χ0v) is 10.5. The lowest BCUT2D eigenvalue weighted by Crippen LogP contribution is -1.97. The summed E-state index contributed by atoms with van der Waals surface area (Å²) in [4.78, 5) is 4.55. The SMILES string of the molecule is c1ccc(-c2csc(NCc3ccco3)n2)cc1. The summed E-state index contributed by atoms with van der Waals surface area (Å²) in [6, 6.07) is 14.0. The van der Waals surface area contributed by atoms with E-state index in [2.05, 4.69) is 27.8 Å².